The van der Waals surface area contributed by atoms with Crippen molar-refractivity contribution in [3.8, 4) is 0 Å². The molecule has 0 saturated carbocycles. The average molecular weight is 334 g/mol. The van der Waals surface area contributed by atoms with E-state index in [9.17, 15) is 4.79 Å². The van der Waals surface area contributed by atoms with Crippen molar-refractivity contribution in [2.24, 2.45) is 5.92 Å². The molecule has 0 aliphatic carbocycles. The Balaban J connectivity index is 1.61. The lowest BCUT2D eigenvalue weighted by molar-refractivity contribution is -0.141. The quantitative estimate of drug-likeness (QED) is 0.814. The lowest BCUT2D eigenvalue weighted by Crippen LogP contribution is -2.50. The van der Waals surface area contributed by atoms with Crippen LogP contribution in [-0.4, -0.2) is 73.1 Å². The number of anilines is 1. The standard InChI is InChI=1S/C17H26N4O3/c1-3-23-12-17(22)21-7-6-14-10-20(8-9-24-15(14)11-21)16-5-4-13(2)18-19-16/h4-5,14-15H,3,6-12H2,1-2H3/t14-,15-/m1/s1. The number of aryl methyl sites for hydroxylation is 1. The number of ether oxygens (including phenoxy) is 2. The van der Waals surface area contributed by atoms with Crippen molar-refractivity contribution in [3.05, 3.63) is 17.8 Å². The zero-order valence-electron chi connectivity index (χ0n) is 14.5. The van der Waals surface area contributed by atoms with Gasteiger partial charge in [0.05, 0.1) is 18.4 Å². The second-order valence-electron chi connectivity index (χ2n) is 6.41. The number of amides is 1. The molecule has 7 nitrogen and oxygen atoms in total. The topological polar surface area (TPSA) is 67.8 Å². The number of rotatable bonds is 4. The van der Waals surface area contributed by atoms with Gasteiger partial charge in [0.15, 0.2) is 5.82 Å². The summed E-state index contributed by atoms with van der Waals surface area (Å²) in [4.78, 5) is 16.3. The molecule has 2 aliphatic heterocycles. The highest BCUT2D eigenvalue weighted by atomic mass is 16.5. The second kappa shape index (κ2) is 7.90. The van der Waals surface area contributed by atoms with E-state index in [1.807, 2.05) is 30.9 Å². The summed E-state index contributed by atoms with van der Waals surface area (Å²) in [5.74, 6) is 1.37. The summed E-state index contributed by atoms with van der Waals surface area (Å²) < 4.78 is 11.3. The Labute approximate surface area is 142 Å². The third-order valence-corrected chi connectivity index (χ3v) is 4.73. The Morgan fingerprint density at radius 3 is 2.96 bits per heavy atom. The van der Waals surface area contributed by atoms with Crippen LogP contribution >= 0.6 is 0 Å². The van der Waals surface area contributed by atoms with Crippen LogP contribution in [0.4, 0.5) is 5.82 Å². The third kappa shape index (κ3) is 4.02. The van der Waals surface area contributed by atoms with Crippen LogP contribution in [0.1, 0.15) is 19.0 Å². The lowest BCUT2D eigenvalue weighted by Gasteiger charge is -2.38. The highest BCUT2D eigenvalue weighted by Gasteiger charge is 2.35. The second-order valence-corrected chi connectivity index (χ2v) is 6.41. The van der Waals surface area contributed by atoms with E-state index in [4.69, 9.17) is 9.47 Å². The van der Waals surface area contributed by atoms with Crippen molar-refractivity contribution < 1.29 is 14.3 Å². The number of nitrogens with zero attached hydrogens (tertiary/aromatic N) is 4. The maximum atomic E-state index is 12.2. The first-order chi connectivity index (χ1) is 11.7. The van der Waals surface area contributed by atoms with Crippen LogP contribution in [0.15, 0.2) is 12.1 Å². The molecule has 2 fully saturated rings. The van der Waals surface area contributed by atoms with E-state index >= 15 is 0 Å². The van der Waals surface area contributed by atoms with E-state index in [2.05, 4.69) is 15.1 Å². The zero-order chi connectivity index (χ0) is 16.9. The number of piperidine rings is 1. The van der Waals surface area contributed by atoms with Crippen LogP contribution in [0.5, 0.6) is 0 Å². The molecule has 3 heterocycles. The molecule has 0 spiro atoms. The zero-order valence-corrected chi connectivity index (χ0v) is 14.5. The number of carbonyl (C=O) groups is 1. The van der Waals surface area contributed by atoms with E-state index in [1.54, 1.807) is 0 Å². The van der Waals surface area contributed by atoms with E-state index in [0.29, 0.717) is 25.7 Å². The van der Waals surface area contributed by atoms with E-state index in [0.717, 1.165) is 37.6 Å². The predicted molar refractivity (Wildman–Crippen MR) is 89.9 cm³/mol. The van der Waals surface area contributed by atoms with Gasteiger partial charge >= 0.3 is 0 Å². The summed E-state index contributed by atoms with van der Waals surface area (Å²) in [6.07, 6.45) is 1.03. The molecule has 7 heteroatoms. The Morgan fingerprint density at radius 1 is 1.33 bits per heavy atom. The van der Waals surface area contributed by atoms with Gasteiger partial charge in [-0.3, -0.25) is 4.79 Å². The SMILES string of the molecule is CCOCC(=O)N1CC[C@@H]2CN(c3ccc(C)nn3)CCO[C@@H]2C1. The fourth-order valence-electron chi connectivity index (χ4n) is 3.33. The molecular formula is C17H26N4O3. The average Bonchev–Trinajstić information content (AvgIpc) is 2.82. The van der Waals surface area contributed by atoms with Crippen molar-refractivity contribution in [1.82, 2.24) is 15.1 Å². The monoisotopic (exact) mass is 334 g/mol. The van der Waals surface area contributed by atoms with Crippen LogP contribution in [0.2, 0.25) is 0 Å². The summed E-state index contributed by atoms with van der Waals surface area (Å²) in [6.45, 7) is 8.34. The molecule has 0 radical (unpaired) electrons. The molecule has 0 N–H and O–H groups in total. The largest absolute Gasteiger partial charge is 0.374 e. The lowest BCUT2D eigenvalue weighted by atomic mass is 9.93. The Hall–Kier alpha value is -1.73. The molecule has 132 valence electrons. The van der Waals surface area contributed by atoms with Gasteiger partial charge in [0.25, 0.3) is 0 Å². The van der Waals surface area contributed by atoms with Crippen molar-refractivity contribution in [1.29, 1.82) is 0 Å². The van der Waals surface area contributed by atoms with Gasteiger partial charge in [-0.15, -0.1) is 5.10 Å². The molecule has 0 bridgehead atoms. The highest BCUT2D eigenvalue weighted by molar-refractivity contribution is 5.77. The van der Waals surface area contributed by atoms with Crippen LogP contribution in [0.25, 0.3) is 0 Å². The maximum Gasteiger partial charge on any atom is 0.248 e. The minimum absolute atomic E-state index is 0.0596. The fraction of sp³-hybridized carbons (Fsp3) is 0.706. The van der Waals surface area contributed by atoms with Gasteiger partial charge in [-0.1, -0.05) is 0 Å². The number of hydrogen-bond donors (Lipinski definition) is 0. The molecule has 2 aliphatic rings. The normalized spacial score (nSPS) is 24.4. The van der Waals surface area contributed by atoms with Gasteiger partial charge in [-0.25, -0.2) is 0 Å². The van der Waals surface area contributed by atoms with E-state index in [-0.39, 0.29) is 18.6 Å². The van der Waals surface area contributed by atoms with Gasteiger partial charge < -0.3 is 19.3 Å². The van der Waals surface area contributed by atoms with Crippen LogP contribution in [-0.2, 0) is 14.3 Å². The van der Waals surface area contributed by atoms with Gasteiger partial charge in [-0.05, 0) is 32.4 Å². The first kappa shape index (κ1) is 17.1. The summed E-state index contributed by atoms with van der Waals surface area (Å²) in [5, 5.41) is 8.45. The van der Waals surface area contributed by atoms with Crippen molar-refractivity contribution in [3.63, 3.8) is 0 Å². The van der Waals surface area contributed by atoms with Crippen molar-refractivity contribution in [2.75, 3.05) is 50.9 Å². The van der Waals surface area contributed by atoms with E-state index in [1.165, 1.54) is 0 Å². The number of likely N-dealkylation sites (tertiary alicyclic amines) is 1. The summed E-state index contributed by atoms with van der Waals surface area (Å²) >= 11 is 0. The minimum Gasteiger partial charge on any atom is -0.374 e. The van der Waals surface area contributed by atoms with E-state index < -0.39 is 0 Å². The number of fused-ring (bicyclic) bond motifs is 1. The molecule has 24 heavy (non-hydrogen) atoms. The number of hydrogen-bond acceptors (Lipinski definition) is 6. The van der Waals surface area contributed by atoms with Gasteiger partial charge in [0.1, 0.15) is 6.61 Å². The maximum absolute atomic E-state index is 12.2. The summed E-state index contributed by atoms with van der Waals surface area (Å²) in [6, 6.07) is 4.00. The van der Waals surface area contributed by atoms with Crippen LogP contribution in [0.3, 0.4) is 0 Å². The Morgan fingerprint density at radius 2 is 2.21 bits per heavy atom. The molecule has 1 amide bonds. The first-order valence-corrected chi connectivity index (χ1v) is 8.69. The third-order valence-electron chi connectivity index (χ3n) is 4.73. The predicted octanol–water partition coefficient (Wildman–Crippen LogP) is 0.875. The van der Waals surface area contributed by atoms with Gasteiger partial charge in [0, 0.05) is 38.7 Å². The molecule has 0 unspecified atom stereocenters. The Kier molecular flexibility index (Phi) is 5.63. The Bertz CT molecular complexity index is 551. The molecule has 0 aromatic carbocycles. The molecule has 1 aromatic rings. The molecular weight excluding hydrogens is 308 g/mol. The molecule has 3 rings (SSSR count). The van der Waals surface area contributed by atoms with Crippen LogP contribution < -0.4 is 4.90 Å². The van der Waals surface area contributed by atoms with Crippen molar-refractivity contribution >= 4 is 11.7 Å². The van der Waals surface area contributed by atoms with Gasteiger partial charge in [0.2, 0.25) is 5.91 Å². The highest BCUT2D eigenvalue weighted by Crippen LogP contribution is 2.26. The minimum atomic E-state index is 0.0596. The number of carbonyl (C=O) groups excluding carboxylic acids is 1. The smallest absolute Gasteiger partial charge is 0.248 e. The number of aromatic nitrogens is 2. The van der Waals surface area contributed by atoms with Crippen LogP contribution in [0, 0.1) is 12.8 Å². The first-order valence-electron chi connectivity index (χ1n) is 8.69. The molecule has 2 saturated heterocycles. The van der Waals surface area contributed by atoms with Gasteiger partial charge in [-0.2, -0.15) is 5.10 Å². The summed E-state index contributed by atoms with van der Waals surface area (Å²) in [7, 11) is 0. The van der Waals surface area contributed by atoms with Crippen molar-refractivity contribution in [2.45, 2.75) is 26.4 Å². The molecule has 1 aromatic heterocycles. The summed E-state index contributed by atoms with van der Waals surface area (Å²) in [5.41, 5.74) is 0.920. The molecule has 2 atom stereocenters. The fourth-order valence-corrected chi connectivity index (χ4v) is 3.33.